The summed E-state index contributed by atoms with van der Waals surface area (Å²) in [5.74, 6) is -0.718. The maximum absolute atomic E-state index is 12.3. The molecule has 214 valence electrons. The number of aliphatic hydroxyl groups excluding tert-OH is 3. The first-order valence-corrected chi connectivity index (χ1v) is 14.2. The Morgan fingerprint density at radius 1 is 0.895 bits per heavy atom. The maximum atomic E-state index is 12.3. The molecule has 6 aliphatic rings. The van der Waals surface area contributed by atoms with Crippen LogP contribution in [0.1, 0.15) is 71.6 Å². The molecule has 2 heterocycles. The highest BCUT2D eigenvalue weighted by atomic mass is 16.7. The van der Waals surface area contributed by atoms with E-state index in [1.165, 1.54) is 0 Å². The molecular formula is C28H42O10. The Labute approximate surface area is 222 Å². The van der Waals surface area contributed by atoms with Gasteiger partial charge in [-0.05, 0) is 81.6 Å². The highest BCUT2D eigenvalue weighted by molar-refractivity contribution is 5.85. The fourth-order valence-corrected chi connectivity index (χ4v) is 9.40. The Kier molecular flexibility index (Phi) is 6.37. The molecule has 1 saturated heterocycles. The predicted molar refractivity (Wildman–Crippen MR) is 131 cm³/mol. The highest BCUT2D eigenvalue weighted by Gasteiger charge is 2.71. The smallest absolute Gasteiger partial charge is 0.331 e. The lowest BCUT2D eigenvalue weighted by Crippen LogP contribution is -2.72. The maximum Gasteiger partial charge on any atom is 0.331 e. The minimum atomic E-state index is -1.43. The Hall–Kier alpha value is -1.11. The fourth-order valence-electron chi connectivity index (χ4n) is 9.40. The van der Waals surface area contributed by atoms with Gasteiger partial charge in [-0.25, -0.2) is 4.79 Å². The van der Waals surface area contributed by atoms with E-state index < -0.39 is 59.0 Å². The molecule has 13 atom stereocenters. The van der Waals surface area contributed by atoms with Crippen LogP contribution in [0, 0.1) is 23.2 Å². The van der Waals surface area contributed by atoms with Crippen molar-refractivity contribution in [1.82, 2.24) is 0 Å². The molecule has 0 aromatic heterocycles. The summed E-state index contributed by atoms with van der Waals surface area (Å²) in [6.07, 6.45) is -0.436. The summed E-state index contributed by atoms with van der Waals surface area (Å²) in [6.45, 7) is 3.98. The molecule has 0 aromatic carbocycles. The second kappa shape index (κ2) is 8.94. The first-order valence-electron chi connectivity index (χ1n) is 14.2. The number of carbonyl (C=O) groups excluding carboxylic acids is 1. The first kappa shape index (κ1) is 27.1. The number of aliphatic hydroxyl groups is 6. The van der Waals surface area contributed by atoms with Crippen LogP contribution in [0.4, 0.5) is 0 Å². The second-order valence-electron chi connectivity index (χ2n) is 13.2. The van der Waals surface area contributed by atoms with Gasteiger partial charge in [0.05, 0.1) is 29.0 Å². The van der Waals surface area contributed by atoms with Crippen molar-refractivity contribution >= 4 is 5.97 Å². The van der Waals surface area contributed by atoms with Gasteiger partial charge in [-0.2, -0.15) is 0 Å². The number of ether oxygens (including phenoxy) is 3. The van der Waals surface area contributed by atoms with Crippen LogP contribution in [0.5, 0.6) is 0 Å². The number of carbonyl (C=O) groups is 1. The van der Waals surface area contributed by atoms with E-state index in [-0.39, 0.29) is 43.2 Å². The van der Waals surface area contributed by atoms with Crippen molar-refractivity contribution in [3.8, 4) is 0 Å². The van der Waals surface area contributed by atoms with E-state index in [0.717, 1.165) is 12.0 Å². The predicted octanol–water partition coefficient (Wildman–Crippen LogP) is 0.296. The van der Waals surface area contributed by atoms with E-state index in [1.54, 1.807) is 13.0 Å². The SMILES string of the molecule is C[C@@H]1O[C@@H](O[C@H]2CC[C@]3(O)[C@H]4CC[C@]5(C)[C@@H](C6=CC(=O)OC6)CC[C@]5(O)[C@@H]4CC[C@]3(O)C2)[C@H](O)[C@H](O)[C@H]1O. The molecule has 10 heteroatoms. The zero-order chi connectivity index (χ0) is 27.3. The molecule has 6 rings (SSSR count). The quantitative estimate of drug-likeness (QED) is 0.217. The van der Waals surface area contributed by atoms with E-state index in [4.69, 9.17) is 14.2 Å². The summed E-state index contributed by atoms with van der Waals surface area (Å²) in [6, 6.07) is 0. The standard InChI is InChI=1S/C28H42O10/c1-14-21(30)22(31)23(32)24(37-14)38-16-3-9-28(35)19-4-7-25(2)17(15-11-20(29)36-13-15)6-10-27(25,34)18(19)5-8-26(28,33)12-16/h11,14,16-19,21-24,30-35H,3-10,12-13H2,1-2H3/t14-,16-,17+,18+,19-,21-,22+,23+,24-,25+,26-,27-,28-/m0/s1. The van der Waals surface area contributed by atoms with Gasteiger partial charge in [0, 0.05) is 17.9 Å². The van der Waals surface area contributed by atoms with Crippen LogP contribution in [-0.2, 0) is 19.0 Å². The van der Waals surface area contributed by atoms with Crippen LogP contribution >= 0.6 is 0 Å². The third kappa shape index (κ3) is 3.64. The van der Waals surface area contributed by atoms with Crippen LogP contribution < -0.4 is 0 Å². The van der Waals surface area contributed by atoms with Crippen molar-refractivity contribution in [2.24, 2.45) is 23.2 Å². The van der Waals surface area contributed by atoms with Crippen LogP contribution in [0.3, 0.4) is 0 Å². The number of hydrogen-bond acceptors (Lipinski definition) is 10. The number of esters is 1. The molecule has 4 aliphatic carbocycles. The van der Waals surface area contributed by atoms with Crippen molar-refractivity contribution in [3.05, 3.63) is 11.6 Å². The van der Waals surface area contributed by atoms with Crippen molar-refractivity contribution in [1.29, 1.82) is 0 Å². The van der Waals surface area contributed by atoms with Crippen molar-refractivity contribution in [2.75, 3.05) is 6.61 Å². The molecular weight excluding hydrogens is 496 g/mol. The Morgan fingerprint density at radius 2 is 1.58 bits per heavy atom. The van der Waals surface area contributed by atoms with Crippen LogP contribution in [0.2, 0.25) is 0 Å². The Balaban J connectivity index is 1.19. The largest absolute Gasteiger partial charge is 0.458 e. The minimum absolute atomic E-state index is 0.0534. The zero-order valence-electron chi connectivity index (χ0n) is 22.2. The molecule has 10 nitrogen and oxygen atoms in total. The molecule has 0 bridgehead atoms. The van der Waals surface area contributed by atoms with E-state index in [0.29, 0.717) is 38.5 Å². The minimum Gasteiger partial charge on any atom is -0.458 e. The van der Waals surface area contributed by atoms with Crippen LogP contribution in [0.25, 0.3) is 0 Å². The number of fused-ring (bicyclic) bond motifs is 5. The van der Waals surface area contributed by atoms with Gasteiger partial charge in [0.1, 0.15) is 24.9 Å². The van der Waals surface area contributed by atoms with E-state index in [9.17, 15) is 35.4 Å². The lowest BCUT2D eigenvalue weighted by Gasteiger charge is -2.65. The molecule has 4 saturated carbocycles. The lowest BCUT2D eigenvalue weighted by atomic mass is 9.45. The molecule has 0 unspecified atom stereocenters. The zero-order valence-corrected chi connectivity index (χ0v) is 22.2. The van der Waals surface area contributed by atoms with Crippen molar-refractivity contribution in [3.63, 3.8) is 0 Å². The molecule has 6 N–H and O–H groups in total. The summed E-state index contributed by atoms with van der Waals surface area (Å²) in [4.78, 5) is 11.8. The van der Waals surface area contributed by atoms with Gasteiger partial charge < -0.3 is 44.8 Å². The molecule has 38 heavy (non-hydrogen) atoms. The van der Waals surface area contributed by atoms with Gasteiger partial charge in [-0.1, -0.05) is 6.92 Å². The number of rotatable bonds is 3. The summed E-state index contributed by atoms with van der Waals surface area (Å²) in [7, 11) is 0. The highest BCUT2D eigenvalue weighted by Crippen LogP contribution is 2.68. The Bertz CT molecular complexity index is 1000. The van der Waals surface area contributed by atoms with Crippen molar-refractivity contribution < 1.29 is 49.6 Å². The topological polar surface area (TPSA) is 166 Å². The number of hydrogen-bond donors (Lipinski definition) is 6. The summed E-state index contributed by atoms with van der Waals surface area (Å²) in [5.41, 5.74) is -3.29. The van der Waals surface area contributed by atoms with Gasteiger partial charge in [0.15, 0.2) is 6.29 Å². The molecule has 2 aliphatic heterocycles. The van der Waals surface area contributed by atoms with Crippen LogP contribution in [0.15, 0.2) is 11.6 Å². The molecule has 5 fully saturated rings. The molecule has 0 aromatic rings. The van der Waals surface area contributed by atoms with Crippen LogP contribution in [-0.4, -0.2) is 96.8 Å². The fraction of sp³-hybridized carbons (Fsp3) is 0.893. The van der Waals surface area contributed by atoms with Gasteiger partial charge in [-0.15, -0.1) is 0 Å². The van der Waals surface area contributed by atoms with E-state index in [2.05, 4.69) is 6.92 Å². The van der Waals surface area contributed by atoms with Gasteiger partial charge in [0.25, 0.3) is 0 Å². The molecule has 0 spiro atoms. The normalized spacial score (nSPS) is 56.5. The third-order valence-corrected chi connectivity index (χ3v) is 11.6. The average Bonchev–Trinajstić information content (AvgIpc) is 3.41. The van der Waals surface area contributed by atoms with E-state index >= 15 is 0 Å². The average molecular weight is 539 g/mol. The molecule has 0 radical (unpaired) electrons. The van der Waals surface area contributed by atoms with E-state index in [1.807, 2.05) is 0 Å². The Morgan fingerprint density at radius 3 is 2.29 bits per heavy atom. The van der Waals surface area contributed by atoms with Crippen molar-refractivity contribution in [2.45, 2.75) is 125 Å². The lowest BCUT2D eigenvalue weighted by molar-refractivity contribution is -0.327. The molecule has 0 amide bonds. The second-order valence-corrected chi connectivity index (χ2v) is 13.2. The summed E-state index contributed by atoms with van der Waals surface area (Å²) in [5, 5.41) is 66.8. The van der Waals surface area contributed by atoms with Gasteiger partial charge in [-0.3, -0.25) is 0 Å². The third-order valence-electron chi connectivity index (χ3n) is 11.6. The summed E-state index contributed by atoms with van der Waals surface area (Å²) < 4.78 is 16.8. The summed E-state index contributed by atoms with van der Waals surface area (Å²) >= 11 is 0. The first-order chi connectivity index (χ1) is 17.8. The monoisotopic (exact) mass is 538 g/mol. The van der Waals surface area contributed by atoms with Gasteiger partial charge >= 0.3 is 5.97 Å². The number of cyclic esters (lactones) is 1. The van der Waals surface area contributed by atoms with Gasteiger partial charge in [0.2, 0.25) is 0 Å².